The van der Waals surface area contributed by atoms with Gasteiger partial charge >= 0.3 is 0 Å². The molecule has 0 aliphatic heterocycles. The summed E-state index contributed by atoms with van der Waals surface area (Å²) < 4.78 is 0. The molecule has 0 atom stereocenters. The molecule has 128 valence electrons. The molecule has 0 unspecified atom stereocenters. The number of aliphatic hydroxyl groups is 1. The van der Waals surface area contributed by atoms with Gasteiger partial charge in [-0.3, -0.25) is 4.79 Å². The zero-order chi connectivity index (χ0) is 16.0. The SMILES string of the molecule is CC1=C(CCCCCCCCCCCCCO)CCCC1=O. The van der Waals surface area contributed by atoms with E-state index in [1.807, 2.05) is 6.92 Å². The zero-order valence-electron chi connectivity index (χ0n) is 14.7. The van der Waals surface area contributed by atoms with Crippen LogP contribution in [0.15, 0.2) is 11.1 Å². The Kier molecular flexibility index (Phi) is 11.4. The largest absolute Gasteiger partial charge is 0.396 e. The molecule has 22 heavy (non-hydrogen) atoms. The number of Topliss-reactive ketones (excluding diaryl/α,β-unsaturated/α-hetero) is 1. The van der Waals surface area contributed by atoms with Crippen molar-refractivity contribution in [1.82, 2.24) is 0 Å². The van der Waals surface area contributed by atoms with Crippen molar-refractivity contribution in [2.75, 3.05) is 6.61 Å². The average molecular weight is 309 g/mol. The molecule has 0 radical (unpaired) electrons. The van der Waals surface area contributed by atoms with Crippen LogP contribution < -0.4 is 0 Å². The van der Waals surface area contributed by atoms with Gasteiger partial charge in [0.25, 0.3) is 0 Å². The molecule has 0 spiro atoms. The molecule has 0 aromatic rings. The summed E-state index contributed by atoms with van der Waals surface area (Å²) in [6.45, 7) is 2.38. The lowest BCUT2D eigenvalue weighted by atomic mass is 9.88. The second-order valence-electron chi connectivity index (χ2n) is 6.87. The van der Waals surface area contributed by atoms with Crippen LogP contribution in [0, 0.1) is 0 Å². The van der Waals surface area contributed by atoms with Gasteiger partial charge in [-0.25, -0.2) is 0 Å². The van der Waals surface area contributed by atoms with Crippen molar-refractivity contribution >= 4 is 5.78 Å². The summed E-state index contributed by atoms with van der Waals surface area (Å²) in [4.78, 5) is 11.7. The maximum Gasteiger partial charge on any atom is 0.158 e. The Labute approximate surface area is 137 Å². The van der Waals surface area contributed by atoms with Crippen molar-refractivity contribution in [3.05, 3.63) is 11.1 Å². The number of hydrogen-bond donors (Lipinski definition) is 1. The van der Waals surface area contributed by atoms with E-state index in [1.54, 1.807) is 0 Å². The molecular formula is C20H36O2. The zero-order valence-corrected chi connectivity index (χ0v) is 14.7. The highest BCUT2D eigenvalue weighted by Crippen LogP contribution is 2.26. The minimum atomic E-state index is 0.352. The molecule has 2 nitrogen and oxygen atoms in total. The fourth-order valence-electron chi connectivity index (χ4n) is 3.39. The standard InChI is InChI=1S/C20H36O2/c1-18-19(15-13-16-20(18)22)14-11-9-7-5-3-2-4-6-8-10-12-17-21/h21H,2-17H2,1H3. The van der Waals surface area contributed by atoms with Gasteiger partial charge in [-0.15, -0.1) is 0 Å². The molecule has 0 aromatic heterocycles. The number of allylic oxidation sites excluding steroid dienone is 2. The molecule has 1 N–H and O–H groups in total. The van der Waals surface area contributed by atoms with Gasteiger partial charge in [0, 0.05) is 13.0 Å². The molecule has 0 amide bonds. The third kappa shape index (κ3) is 8.73. The summed E-state index contributed by atoms with van der Waals surface area (Å²) in [5.41, 5.74) is 2.52. The fourth-order valence-corrected chi connectivity index (χ4v) is 3.39. The predicted molar refractivity (Wildman–Crippen MR) is 94.0 cm³/mol. The lowest BCUT2D eigenvalue weighted by Gasteiger charge is -2.16. The molecule has 0 aromatic carbocycles. The number of rotatable bonds is 13. The molecule has 0 bridgehead atoms. The van der Waals surface area contributed by atoms with Crippen molar-refractivity contribution in [2.45, 2.75) is 103 Å². The fraction of sp³-hybridized carbons (Fsp3) is 0.850. The molecule has 0 saturated carbocycles. The van der Waals surface area contributed by atoms with E-state index in [1.165, 1.54) is 69.8 Å². The first-order valence-electron chi connectivity index (χ1n) is 9.58. The van der Waals surface area contributed by atoms with Crippen LogP contribution in [0.3, 0.4) is 0 Å². The summed E-state index contributed by atoms with van der Waals surface area (Å²) in [5.74, 6) is 0.389. The summed E-state index contributed by atoms with van der Waals surface area (Å²) in [6, 6.07) is 0. The molecule has 1 aliphatic rings. The Morgan fingerprint density at radius 2 is 1.27 bits per heavy atom. The van der Waals surface area contributed by atoms with Crippen LogP contribution in [-0.4, -0.2) is 17.5 Å². The Hall–Kier alpha value is -0.630. The van der Waals surface area contributed by atoms with Gasteiger partial charge in [0.15, 0.2) is 5.78 Å². The molecule has 2 heteroatoms. The second kappa shape index (κ2) is 12.9. The van der Waals surface area contributed by atoms with E-state index in [-0.39, 0.29) is 0 Å². The monoisotopic (exact) mass is 308 g/mol. The average Bonchev–Trinajstić information content (AvgIpc) is 2.52. The topological polar surface area (TPSA) is 37.3 Å². The number of unbranched alkanes of at least 4 members (excludes halogenated alkanes) is 10. The summed E-state index contributed by atoms with van der Waals surface area (Å²) in [6.07, 6.45) is 18.4. The number of carbonyl (C=O) groups excluding carboxylic acids is 1. The van der Waals surface area contributed by atoms with Crippen molar-refractivity contribution in [3.63, 3.8) is 0 Å². The van der Waals surface area contributed by atoms with Gasteiger partial charge in [-0.1, -0.05) is 63.4 Å². The Morgan fingerprint density at radius 1 is 0.773 bits per heavy atom. The quantitative estimate of drug-likeness (QED) is 0.441. The number of carbonyl (C=O) groups is 1. The normalized spacial score (nSPS) is 15.6. The maximum absolute atomic E-state index is 11.7. The van der Waals surface area contributed by atoms with Gasteiger partial charge in [0.05, 0.1) is 0 Å². The highest BCUT2D eigenvalue weighted by Gasteiger charge is 2.15. The first kappa shape index (κ1) is 19.4. The summed E-state index contributed by atoms with van der Waals surface area (Å²) in [5, 5.41) is 8.70. The van der Waals surface area contributed by atoms with E-state index in [2.05, 4.69) is 0 Å². The van der Waals surface area contributed by atoms with E-state index in [9.17, 15) is 4.79 Å². The van der Waals surface area contributed by atoms with Crippen LogP contribution in [0.1, 0.15) is 103 Å². The van der Waals surface area contributed by atoms with Gasteiger partial charge < -0.3 is 5.11 Å². The maximum atomic E-state index is 11.7. The summed E-state index contributed by atoms with van der Waals surface area (Å²) >= 11 is 0. The van der Waals surface area contributed by atoms with Gasteiger partial charge in [0.2, 0.25) is 0 Å². The van der Waals surface area contributed by atoms with E-state index in [0.717, 1.165) is 37.7 Å². The van der Waals surface area contributed by atoms with Crippen LogP contribution in [0.4, 0.5) is 0 Å². The van der Waals surface area contributed by atoms with Crippen molar-refractivity contribution in [2.24, 2.45) is 0 Å². The van der Waals surface area contributed by atoms with Crippen LogP contribution in [0.5, 0.6) is 0 Å². The molecule has 0 fully saturated rings. The number of aliphatic hydroxyl groups excluding tert-OH is 1. The minimum Gasteiger partial charge on any atom is -0.396 e. The number of ketones is 1. The van der Waals surface area contributed by atoms with E-state index in [0.29, 0.717) is 12.4 Å². The smallest absolute Gasteiger partial charge is 0.158 e. The Morgan fingerprint density at radius 3 is 1.82 bits per heavy atom. The molecule has 1 rings (SSSR count). The molecular weight excluding hydrogens is 272 g/mol. The van der Waals surface area contributed by atoms with Gasteiger partial charge in [-0.2, -0.15) is 0 Å². The van der Waals surface area contributed by atoms with Crippen molar-refractivity contribution in [1.29, 1.82) is 0 Å². The van der Waals surface area contributed by atoms with Crippen LogP contribution in [0.25, 0.3) is 0 Å². The molecule has 0 heterocycles. The number of hydrogen-bond acceptors (Lipinski definition) is 2. The van der Waals surface area contributed by atoms with E-state index < -0.39 is 0 Å². The van der Waals surface area contributed by atoms with E-state index >= 15 is 0 Å². The molecule has 0 saturated heterocycles. The van der Waals surface area contributed by atoms with Crippen LogP contribution in [-0.2, 0) is 4.79 Å². The van der Waals surface area contributed by atoms with Crippen LogP contribution >= 0.6 is 0 Å². The van der Waals surface area contributed by atoms with Gasteiger partial charge in [-0.05, 0) is 44.6 Å². The molecule has 1 aliphatic carbocycles. The van der Waals surface area contributed by atoms with Crippen molar-refractivity contribution in [3.8, 4) is 0 Å². The summed E-state index contributed by atoms with van der Waals surface area (Å²) in [7, 11) is 0. The lowest BCUT2D eigenvalue weighted by Crippen LogP contribution is -2.09. The lowest BCUT2D eigenvalue weighted by molar-refractivity contribution is -0.116. The third-order valence-electron chi connectivity index (χ3n) is 4.97. The second-order valence-corrected chi connectivity index (χ2v) is 6.87. The van der Waals surface area contributed by atoms with Crippen molar-refractivity contribution < 1.29 is 9.90 Å². The first-order valence-corrected chi connectivity index (χ1v) is 9.58. The highest BCUT2D eigenvalue weighted by atomic mass is 16.2. The minimum absolute atomic E-state index is 0.352. The van der Waals surface area contributed by atoms with E-state index in [4.69, 9.17) is 5.11 Å². The first-order chi connectivity index (χ1) is 10.8. The Balaban J connectivity index is 1.88. The van der Waals surface area contributed by atoms with Crippen LogP contribution in [0.2, 0.25) is 0 Å². The highest BCUT2D eigenvalue weighted by molar-refractivity contribution is 5.96. The predicted octanol–water partition coefficient (Wildman–Crippen LogP) is 5.73. The Bertz CT molecular complexity index is 331. The van der Waals surface area contributed by atoms with Gasteiger partial charge in [0.1, 0.15) is 0 Å². The third-order valence-corrected chi connectivity index (χ3v) is 4.97.